The predicted octanol–water partition coefficient (Wildman–Crippen LogP) is 3.63. The van der Waals surface area contributed by atoms with Crippen molar-refractivity contribution in [2.75, 3.05) is 0 Å². The predicted molar refractivity (Wildman–Crippen MR) is 105 cm³/mol. The zero-order valence-electron chi connectivity index (χ0n) is 14.1. The summed E-state index contributed by atoms with van der Waals surface area (Å²) in [5.74, 6) is 1.94. The number of benzene rings is 2. The quantitative estimate of drug-likeness (QED) is 0.486. The summed E-state index contributed by atoms with van der Waals surface area (Å²) in [6.45, 7) is 0. The summed E-state index contributed by atoms with van der Waals surface area (Å²) in [4.78, 5) is 17.7. The summed E-state index contributed by atoms with van der Waals surface area (Å²) in [6.07, 6.45) is 1.73. The maximum Gasteiger partial charge on any atom is 0.291 e. The second-order valence-electron chi connectivity index (χ2n) is 5.98. The summed E-state index contributed by atoms with van der Waals surface area (Å²) in [6, 6.07) is 23.2. The number of rotatable bonds is 3. The van der Waals surface area contributed by atoms with Crippen LogP contribution in [0.2, 0.25) is 0 Å². The Kier molecular flexibility index (Phi) is 3.69. The van der Waals surface area contributed by atoms with E-state index in [1.165, 1.54) is 15.9 Å². The molecule has 0 spiro atoms. The highest BCUT2D eigenvalue weighted by Crippen LogP contribution is 2.22. The van der Waals surface area contributed by atoms with Crippen molar-refractivity contribution >= 4 is 22.4 Å². The average molecular weight is 371 g/mol. The van der Waals surface area contributed by atoms with Crippen LogP contribution in [-0.2, 0) is 0 Å². The van der Waals surface area contributed by atoms with Gasteiger partial charge in [-0.05, 0) is 12.1 Å². The van der Waals surface area contributed by atoms with Gasteiger partial charge in [0.2, 0.25) is 4.96 Å². The molecular formula is C21H13N3O2S. The molecule has 0 fully saturated rings. The van der Waals surface area contributed by atoms with Crippen molar-refractivity contribution in [3.8, 4) is 22.7 Å². The molecule has 0 N–H and O–H groups in total. The molecule has 0 saturated carbocycles. The van der Waals surface area contributed by atoms with E-state index in [0.717, 1.165) is 16.9 Å². The topological polar surface area (TPSA) is 60.4 Å². The number of fused-ring (bicyclic) bond motifs is 1. The van der Waals surface area contributed by atoms with Gasteiger partial charge in [0, 0.05) is 17.2 Å². The Morgan fingerprint density at radius 2 is 1.59 bits per heavy atom. The van der Waals surface area contributed by atoms with E-state index in [1.807, 2.05) is 72.8 Å². The van der Waals surface area contributed by atoms with E-state index in [9.17, 15) is 4.79 Å². The highest BCUT2D eigenvalue weighted by atomic mass is 32.1. The van der Waals surface area contributed by atoms with Crippen LogP contribution in [0.5, 0.6) is 0 Å². The van der Waals surface area contributed by atoms with E-state index < -0.39 is 0 Å². The lowest BCUT2D eigenvalue weighted by molar-refractivity contribution is 0.571. The SMILES string of the molecule is O=c1/c(=C/c2ccc(-c3ccccc3)o2)sc2nc(-c3ccccc3)nn12. The van der Waals surface area contributed by atoms with Crippen molar-refractivity contribution < 1.29 is 4.42 Å². The first kappa shape index (κ1) is 15.7. The lowest BCUT2D eigenvalue weighted by Crippen LogP contribution is -2.23. The fourth-order valence-corrected chi connectivity index (χ4v) is 3.75. The van der Waals surface area contributed by atoms with Crippen molar-refractivity contribution in [3.05, 3.63) is 93.4 Å². The summed E-state index contributed by atoms with van der Waals surface area (Å²) in [5, 5.41) is 4.35. The minimum atomic E-state index is -0.192. The maximum atomic E-state index is 12.7. The highest BCUT2D eigenvalue weighted by molar-refractivity contribution is 7.15. The fraction of sp³-hybridized carbons (Fsp3) is 0. The Morgan fingerprint density at radius 1 is 0.889 bits per heavy atom. The first-order valence-electron chi connectivity index (χ1n) is 8.40. The molecule has 6 heteroatoms. The summed E-state index contributed by atoms with van der Waals surface area (Å²) < 4.78 is 7.74. The summed E-state index contributed by atoms with van der Waals surface area (Å²) in [5.41, 5.74) is 1.69. The first-order valence-corrected chi connectivity index (χ1v) is 9.21. The van der Waals surface area contributed by atoms with Crippen LogP contribution in [0.1, 0.15) is 5.76 Å². The first-order chi connectivity index (χ1) is 13.3. The van der Waals surface area contributed by atoms with E-state index in [2.05, 4.69) is 10.1 Å². The minimum Gasteiger partial charge on any atom is -0.457 e. The number of hydrogen-bond donors (Lipinski definition) is 0. The van der Waals surface area contributed by atoms with E-state index in [0.29, 0.717) is 21.1 Å². The lowest BCUT2D eigenvalue weighted by Gasteiger charge is -1.94. The van der Waals surface area contributed by atoms with Crippen molar-refractivity contribution in [2.45, 2.75) is 0 Å². The molecule has 5 nitrogen and oxygen atoms in total. The van der Waals surface area contributed by atoms with E-state index in [-0.39, 0.29) is 5.56 Å². The maximum absolute atomic E-state index is 12.7. The molecular weight excluding hydrogens is 358 g/mol. The van der Waals surface area contributed by atoms with Gasteiger partial charge in [0.25, 0.3) is 5.56 Å². The Labute approximate surface area is 157 Å². The van der Waals surface area contributed by atoms with Crippen LogP contribution >= 0.6 is 11.3 Å². The molecule has 5 aromatic rings. The van der Waals surface area contributed by atoms with Crippen LogP contribution in [0.4, 0.5) is 0 Å². The average Bonchev–Trinajstić information content (AvgIpc) is 3.41. The van der Waals surface area contributed by atoms with E-state index >= 15 is 0 Å². The Hall–Kier alpha value is -3.51. The van der Waals surface area contributed by atoms with Crippen LogP contribution in [0.25, 0.3) is 33.7 Å². The largest absolute Gasteiger partial charge is 0.457 e. The number of thiazole rings is 1. The molecule has 130 valence electrons. The normalized spacial score (nSPS) is 12.1. The van der Waals surface area contributed by atoms with Crippen LogP contribution in [0, 0.1) is 0 Å². The van der Waals surface area contributed by atoms with Crippen molar-refractivity contribution in [3.63, 3.8) is 0 Å². The zero-order valence-corrected chi connectivity index (χ0v) is 14.9. The number of furan rings is 1. The molecule has 27 heavy (non-hydrogen) atoms. The minimum absolute atomic E-state index is 0.192. The second kappa shape index (κ2) is 6.34. The Bertz CT molecular complexity index is 1330. The molecule has 0 bridgehead atoms. The van der Waals surface area contributed by atoms with Gasteiger partial charge < -0.3 is 4.42 Å². The lowest BCUT2D eigenvalue weighted by atomic mass is 10.2. The molecule has 0 aliphatic rings. The van der Waals surface area contributed by atoms with Crippen molar-refractivity contribution in [1.82, 2.24) is 14.6 Å². The number of nitrogens with zero attached hydrogens (tertiary/aromatic N) is 3. The Morgan fingerprint density at radius 3 is 2.30 bits per heavy atom. The molecule has 0 aliphatic carbocycles. The molecule has 0 radical (unpaired) electrons. The van der Waals surface area contributed by atoms with Crippen LogP contribution in [-0.4, -0.2) is 14.6 Å². The second-order valence-corrected chi connectivity index (χ2v) is 6.99. The Balaban J connectivity index is 1.54. The van der Waals surface area contributed by atoms with Crippen molar-refractivity contribution in [2.24, 2.45) is 0 Å². The van der Waals surface area contributed by atoms with Crippen molar-refractivity contribution in [1.29, 1.82) is 0 Å². The van der Waals surface area contributed by atoms with Gasteiger partial charge in [-0.3, -0.25) is 4.79 Å². The molecule has 0 atom stereocenters. The van der Waals surface area contributed by atoms with Gasteiger partial charge in [0.15, 0.2) is 5.82 Å². The summed E-state index contributed by atoms with van der Waals surface area (Å²) in [7, 11) is 0. The van der Waals surface area contributed by atoms with Gasteiger partial charge in [-0.1, -0.05) is 72.0 Å². The smallest absolute Gasteiger partial charge is 0.291 e. The highest BCUT2D eigenvalue weighted by Gasteiger charge is 2.12. The standard InChI is InChI=1S/C21H13N3O2S/c25-20-18(13-16-11-12-17(26-16)14-7-3-1-4-8-14)27-21-22-19(23-24(20)21)15-9-5-2-6-10-15/h1-13H/b18-13-. The summed E-state index contributed by atoms with van der Waals surface area (Å²) >= 11 is 1.30. The molecule has 3 aromatic heterocycles. The molecule has 0 amide bonds. The molecule has 2 aromatic carbocycles. The van der Waals surface area contributed by atoms with Crippen LogP contribution in [0.3, 0.4) is 0 Å². The van der Waals surface area contributed by atoms with Gasteiger partial charge in [0.05, 0.1) is 0 Å². The van der Waals surface area contributed by atoms with Gasteiger partial charge in [0.1, 0.15) is 16.1 Å². The third-order valence-corrected chi connectivity index (χ3v) is 5.13. The third-order valence-electron chi connectivity index (χ3n) is 4.17. The molecule has 5 rings (SSSR count). The van der Waals surface area contributed by atoms with Crippen LogP contribution in [0.15, 0.2) is 82.0 Å². The number of hydrogen-bond acceptors (Lipinski definition) is 5. The molecule has 0 aliphatic heterocycles. The fourth-order valence-electron chi connectivity index (χ4n) is 2.86. The third kappa shape index (κ3) is 2.86. The molecule has 0 saturated heterocycles. The van der Waals surface area contributed by atoms with Gasteiger partial charge in [-0.25, -0.2) is 0 Å². The van der Waals surface area contributed by atoms with E-state index in [1.54, 1.807) is 6.08 Å². The molecule has 0 unspecified atom stereocenters. The van der Waals surface area contributed by atoms with Crippen LogP contribution < -0.4 is 10.1 Å². The monoisotopic (exact) mass is 371 g/mol. The zero-order chi connectivity index (χ0) is 18.2. The van der Waals surface area contributed by atoms with Gasteiger partial charge in [-0.15, -0.1) is 5.10 Å². The van der Waals surface area contributed by atoms with E-state index in [4.69, 9.17) is 4.42 Å². The van der Waals surface area contributed by atoms with Gasteiger partial charge in [-0.2, -0.15) is 9.50 Å². The van der Waals surface area contributed by atoms with Gasteiger partial charge >= 0.3 is 0 Å². The molecule has 3 heterocycles. The number of aromatic nitrogens is 3.